The molecule has 0 aliphatic carbocycles. The molecule has 0 saturated heterocycles. The largest absolute Gasteiger partial charge is 0.493 e. The minimum Gasteiger partial charge on any atom is -0.493 e. The van der Waals surface area contributed by atoms with E-state index in [0.29, 0.717) is 23.3 Å². The van der Waals surface area contributed by atoms with Gasteiger partial charge >= 0.3 is 6.01 Å². The predicted molar refractivity (Wildman–Crippen MR) is 94.7 cm³/mol. The van der Waals surface area contributed by atoms with Crippen LogP contribution in [0.3, 0.4) is 0 Å². The van der Waals surface area contributed by atoms with Crippen LogP contribution >= 0.6 is 11.6 Å². The molecule has 0 saturated carbocycles. The second-order valence-corrected chi connectivity index (χ2v) is 5.49. The Kier molecular flexibility index (Phi) is 3.95. The molecule has 7 heteroatoms. The molecule has 0 unspecified atom stereocenters. The van der Waals surface area contributed by atoms with Gasteiger partial charge in [0, 0.05) is 12.3 Å². The van der Waals surface area contributed by atoms with Crippen LogP contribution in [0.15, 0.2) is 60.8 Å². The quantitative estimate of drug-likeness (QED) is 0.513. The summed E-state index contributed by atoms with van der Waals surface area (Å²) < 4.78 is 13.2. The zero-order chi connectivity index (χ0) is 17.2. The molecule has 2 aromatic carbocycles. The molecule has 0 aliphatic rings. The molecule has 25 heavy (non-hydrogen) atoms. The Morgan fingerprint density at radius 3 is 2.48 bits per heavy atom. The molecule has 0 spiro atoms. The Balaban J connectivity index is 1.90. The fourth-order valence-electron chi connectivity index (χ4n) is 2.55. The van der Waals surface area contributed by atoms with Crippen molar-refractivity contribution in [3.63, 3.8) is 0 Å². The van der Waals surface area contributed by atoms with Crippen LogP contribution in [0, 0.1) is 0 Å². The maximum Gasteiger partial charge on any atom is 0.309 e. The van der Waals surface area contributed by atoms with Gasteiger partial charge in [0.1, 0.15) is 5.82 Å². The van der Waals surface area contributed by atoms with Gasteiger partial charge in [0.2, 0.25) is 5.28 Å². The van der Waals surface area contributed by atoms with Crippen LogP contribution in [0.4, 0.5) is 0 Å². The minimum atomic E-state index is 0.151. The molecule has 4 rings (SSSR count). The van der Waals surface area contributed by atoms with E-state index in [1.807, 2.05) is 48.5 Å². The average Bonchev–Trinajstić information content (AvgIpc) is 3.00. The van der Waals surface area contributed by atoms with E-state index in [4.69, 9.17) is 21.1 Å². The van der Waals surface area contributed by atoms with Crippen molar-refractivity contribution in [2.75, 3.05) is 7.11 Å². The lowest BCUT2D eigenvalue weighted by Crippen LogP contribution is -2.02. The Labute approximate surface area is 148 Å². The summed E-state index contributed by atoms with van der Waals surface area (Å²) >= 11 is 5.96. The van der Waals surface area contributed by atoms with Gasteiger partial charge in [-0.05, 0) is 35.9 Å². The van der Waals surface area contributed by atoms with Gasteiger partial charge in [0.15, 0.2) is 11.5 Å². The number of ether oxygens (including phenoxy) is 2. The third-order valence-corrected chi connectivity index (χ3v) is 3.82. The van der Waals surface area contributed by atoms with Gasteiger partial charge < -0.3 is 9.47 Å². The number of aromatic nitrogens is 4. The summed E-state index contributed by atoms with van der Waals surface area (Å²) in [6, 6.07) is 17.2. The molecular weight excluding hydrogens is 340 g/mol. The summed E-state index contributed by atoms with van der Waals surface area (Å²) in [7, 11) is 1.59. The van der Waals surface area contributed by atoms with E-state index in [1.54, 1.807) is 23.9 Å². The minimum absolute atomic E-state index is 0.151. The Hall–Kier alpha value is -3.12. The Bertz CT molecular complexity index is 1050. The van der Waals surface area contributed by atoms with E-state index in [9.17, 15) is 0 Å². The highest BCUT2D eigenvalue weighted by Gasteiger charge is 2.17. The van der Waals surface area contributed by atoms with Crippen molar-refractivity contribution in [1.82, 2.24) is 19.5 Å². The molecule has 0 aliphatic heterocycles. The lowest BCUT2D eigenvalue weighted by Gasteiger charge is -2.11. The van der Waals surface area contributed by atoms with E-state index in [-0.39, 0.29) is 5.28 Å². The zero-order valence-electron chi connectivity index (χ0n) is 13.3. The van der Waals surface area contributed by atoms with E-state index < -0.39 is 0 Å². The van der Waals surface area contributed by atoms with E-state index in [0.717, 1.165) is 11.0 Å². The van der Waals surface area contributed by atoms with Gasteiger partial charge in [-0.3, -0.25) is 0 Å². The lowest BCUT2D eigenvalue weighted by atomic mass is 10.3. The number of nitrogens with zero attached hydrogens (tertiary/aromatic N) is 4. The Morgan fingerprint density at radius 2 is 1.68 bits per heavy atom. The number of imidazole rings is 1. The molecule has 2 aromatic heterocycles. The van der Waals surface area contributed by atoms with Crippen molar-refractivity contribution in [1.29, 1.82) is 0 Å². The average molecular weight is 353 g/mol. The van der Waals surface area contributed by atoms with Gasteiger partial charge in [-0.1, -0.05) is 24.3 Å². The van der Waals surface area contributed by atoms with Crippen molar-refractivity contribution in [2.24, 2.45) is 0 Å². The van der Waals surface area contributed by atoms with E-state index in [2.05, 4.69) is 15.0 Å². The number of para-hydroxylation sites is 4. The SMILES string of the molecule is COc1ccccc1Oc1nc2ccccc2n1-c1ccnc(Cl)n1. The summed E-state index contributed by atoms with van der Waals surface area (Å²) in [6.45, 7) is 0. The first kappa shape index (κ1) is 15.4. The molecule has 0 bridgehead atoms. The highest BCUT2D eigenvalue weighted by Crippen LogP contribution is 2.33. The van der Waals surface area contributed by atoms with Crippen molar-refractivity contribution in [3.8, 4) is 23.3 Å². The second-order valence-electron chi connectivity index (χ2n) is 5.16. The van der Waals surface area contributed by atoms with Crippen molar-refractivity contribution < 1.29 is 9.47 Å². The van der Waals surface area contributed by atoms with Gasteiger partial charge in [0.25, 0.3) is 0 Å². The van der Waals surface area contributed by atoms with Crippen molar-refractivity contribution in [2.45, 2.75) is 0 Å². The van der Waals surface area contributed by atoms with Gasteiger partial charge in [-0.25, -0.2) is 9.55 Å². The standard InChI is InChI=1S/C18H13ClN4O2/c1-24-14-8-4-5-9-15(14)25-18-21-12-6-2-3-7-13(12)23(18)16-10-11-20-17(19)22-16/h2-11H,1H3. The zero-order valence-corrected chi connectivity index (χ0v) is 14.0. The number of fused-ring (bicyclic) bond motifs is 1. The molecule has 2 heterocycles. The highest BCUT2D eigenvalue weighted by atomic mass is 35.5. The predicted octanol–water partition coefficient (Wildman–Crippen LogP) is 4.27. The van der Waals surface area contributed by atoms with E-state index >= 15 is 0 Å². The number of benzene rings is 2. The van der Waals surface area contributed by atoms with Crippen LogP contribution in [-0.2, 0) is 0 Å². The number of methoxy groups -OCH3 is 1. The fraction of sp³-hybridized carbons (Fsp3) is 0.0556. The first-order chi connectivity index (χ1) is 12.3. The number of hydrogen-bond acceptors (Lipinski definition) is 5. The lowest BCUT2D eigenvalue weighted by molar-refractivity contribution is 0.366. The maximum absolute atomic E-state index is 6.03. The van der Waals surface area contributed by atoms with Crippen LogP contribution in [0.25, 0.3) is 16.9 Å². The Morgan fingerprint density at radius 1 is 0.920 bits per heavy atom. The third-order valence-electron chi connectivity index (χ3n) is 3.64. The smallest absolute Gasteiger partial charge is 0.309 e. The summed E-state index contributed by atoms with van der Waals surface area (Å²) in [5.74, 6) is 1.74. The topological polar surface area (TPSA) is 62.1 Å². The van der Waals surface area contributed by atoms with Crippen LogP contribution < -0.4 is 9.47 Å². The third kappa shape index (κ3) is 2.88. The normalized spacial score (nSPS) is 10.8. The summed E-state index contributed by atoms with van der Waals surface area (Å²) in [5.41, 5.74) is 1.63. The first-order valence-corrected chi connectivity index (χ1v) is 7.91. The second kappa shape index (κ2) is 6.41. The fourth-order valence-corrected chi connectivity index (χ4v) is 2.69. The van der Waals surface area contributed by atoms with Crippen LogP contribution in [-0.4, -0.2) is 26.6 Å². The molecule has 0 fully saturated rings. The molecule has 0 atom stereocenters. The van der Waals surface area contributed by atoms with Crippen molar-refractivity contribution >= 4 is 22.6 Å². The number of hydrogen-bond donors (Lipinski definition) is 0. The van der Waals surface area contributed by atoms with Crippen LogP contribution in [0.1, 0.15) is 0 Å². The van der Waals surface area contributed by atoms with E-state index in [1.165, 1.54) is 0 Å². The van der Waals surface area contributed by atoms with Gasteiger partial charge in [-0.15, -0.1) is 0 Å². The molecule has 4 aromatic rings. The van der Waals surface area contributed by atoms with Crippen LogP contribution in [0.5, 0.6) is 17.5 Å². The number of halogens is 1. The maximum atomic E-state index is 6.03. The molecule has 0 amide bonds. The molecule has 6 nitrogen and oxygen atoms in total. The van der Waals surface area contributed by atoms with Gasteiger partial charge in [0.05, 0.1) is 18.1 Å². The monoisotopic (exact) mass is 352 g/mol. The molecule has 124 valence electrons. The summed E-state index contributed by atoms with van der Waals surface area (Å²) in [6.07, 6.45) is 1.59. The molecular formula is C18H13ClN4O2. The number of rotatable bonds is 4. The summed E-state index contributed by atoms with van der Waals surface area (Å²) in [5, 5.41) is 0.151. The first-order valence-electron chi connectivity index (χ1n) is 7.53. The summed E-state index contributed by atoms with van der Waals surface area (Å²) in [4.78, 5) is 12.8. The van der Waals surface area contributed by atoms with Crippen LogP contribution in [0.2, 0.25) is 5.28 Å². The van der Waals surface area contributed by atoms with Gasteiger partial charge in [-0.2, -0.15) is 9.97 Å². The molecule has 0 radical (unpaired) electrons. The highest BCUT2D eigenvalue weighted by molar-refractivity contribution is 6.28. The van der Waals surface area contributed by atoms with Crippen molar-refractivity contribution in [3.05, 3.63) is 66.1 Å². The molecule has 0 N–H and O–H groups in total.